The Hall–Kier alpha value is -3.69. The number of halogens is 3. The van der Waals surface area contributed by atoms with Crippen LogP contribution in [0.4, 0.5) is 18.9 Å². The number of nitrogens with zero attached hydrogens (tertiary/aromatic N) is 3. The Balaban J connectivity index is 1.61. The second-order valence-corrected chi connectivity index (χ2v) is 8.64. The highest BCUT2D eigenvalue weighted by Crippen LogP contribution is 2.30. The van der Waals surface area contributed by atoms with Crippen LogP contribution >= 0.6 is 0 Å². The van der Waals surface area contributed by atoms with Gasteiger partial charge in [0.1, 0.15) is 0 Å². The molecule has 10 heteroatoms. The van der Waals surface area contributed by atoms with Gasteiger partial charge in [-0.2, -0.15) is 18.3 Å². The number of aryl methyl sites for hydroxylation is 1. The zero-order valence-corrected chi connectivity index (χ0v) is 18.9. The van der Waals surface area contributed by atoms with E-state index in [1.54, 1.807) is 18.2 Å². The molecule has 0 aliphatic heterocycles. The molecule has 34 heavy (non-hydrogen) atoms. The fourth-order valence-electron chi connectivity index (χ4n) is 3.53. The molecule has 0 spiro atoms. The summed E-state index contributed by atoms with van der Waals surface area (Å²) in [6, 6.07) is 7.45. The van der Waals surface area contributed by atoms with Crippen LogP contribution in [-0.4, -0.2) is 32.6 Å². The average Bonchev–Trinajstić information content (AvgIpc) is 3.47. The number of aromatic nitrogens is 3. The van der Waals surface area contributed by atoms with Crippen molar-refractivity contribution in [1.82, 2.24) is 20.1 Å². The number of alkyl halides is 3. The van der Waals surface area contributed by atoms with E-state index in [0.29, 0.717) is 16.9 Å². The molecule has 4 rings (SSSR count). The summed E-state index contributed by atoms with van der Waals surface area (Å²) in [5.74, 6) is -0.637. The number of nitrogens with one attached hydrogen (secondary N) is 2. The van der Waals surface area contributed by atoms with Crippen LogP contribution in [0.15, 0.2) is 42.7 Å². The molecule has 2 aromatic heterocycles. The van der Waals surface area contributed by atoms with E-state index in [2.05, 4.69) is 20.7 Å². The van der Waals surface area contributed by atoms with Crippen molar-refractivity contribution >= 4 is 17.5 Å². The zero-order chi connectivity index (χ0) is 24.6. The summed E-state index contributed by atoms with van der Waals surface area (Å²) < 4.78 is 40.0. The van der Waals surface area contributed by atoms with Gasteiger partial charge in [-0.1, -0.05) is 19.9 Å². The molecule has 1 fully saturated rings. The van der Waals surface area contributed by atoms with Crippen LogP contribution in [0.25, 0.3) is 5.82 Å². The maximum Gasteiger partial charge on any atom is 0.417 e. The SMILES string of the molecule is Cc1ccc(C(=O)NC2CC2)cc1NC(=O)c1cnn(-c2ccc(C(F)(F)F)cn2)c1C(C)C. The van der Waals surface area contributed by atoms with Crippen LogP contribution in [0, 0.1) is 6.92 Å². The van der Waals surface area contributed by atoms with Gasteiger partial charge in [0.05, 0.1) is 23.0 Å². The van der Waals surface area contributed by atoms with Crippen LogP contribution in [-0.2, 0) is 6.18 Å². The molecular formula is C24H24F3N5O2. The minimum Gasteiger partial charge on any atom is -0.349 e. The van der Waals surface area contributed by atoms with Gasteiger partial charge in [0, 0.05) is 23.5 Å². The molecule has 0 bridgehead atoms. The standard InChI is InChI=1S/C24H24F3N5O2/c1-13(2)21-18(12-29-32(21)20-9-6-16(11-28-20)24(25,26)27)23(34)31-19-10-15(5-4-14(19)3)22(33)30-17-7-8-17/h4-6,9-13,17H,7-8H2,1-3H3,(H,30,33)(H,31,34). The van der Waals surface area contributed by atoms with E-state index in [-0.39, 0.29) is 29.2 Å². The third kappa shape index (κ3) is 4.95. The highest BCUT2D eigenvalue weighted by molar-refractivity contribution is 6.06. The number of anilines is 1. The largest absolute Gasteiger partial charge is 0.417 e. The predicted molar refractivity (Wildman–Crippen MR) is 120 cm³/mol. The molecule has 1 saturated carbocycles. The molecule has 0 atom stereocenters. The molecule has 3 aromatic rings. The van der Waals surface area contributed by atoms with Crippen LogP contribution in [0.2, 0.25) is 0 Å². The topological polar surface area (TPSA) is 88.9 Å². The second-order valence-electron chi connectivity index (χ2n) is 8.64. The first kappa shape index (κ1) is 23.5. The third-order valence-corrected chi connectivity index (χ3v) is 5.55. The number of benzene rings is 1. The van der Waals surface area contributed by atoms with E-state index in [0.717, 1.165) is 30.7 Å². The van der Waals surface area contributed by atoms with Crippen molar-refractivity contribution in [3.63, 3.8) is 0 Å². The van der Waals surface area contributed by atoms with Gasteiger partial charge < -0.3 is 10.6 Å². The predicted octanol–water partition coefficient (Wildman–Crippen LogP) is 4.86. The Bertz CT molecular complexity index is 1230. The molecule has 178 valence electrons. The molecule has 0 saturated heterocycles. The number of hydrogen-bond donors (Lipinski definition) is 2. The molecule has 1 aliphatic carbocycles. The Kier molecular flexibility index (Phi) is 6.16. The Morgan fingerprint density at radius 2 is 1.82 bits per heavy atom. The van der Waals surface area contributed by atoms with Gasteiger partial charge >= 0.3 is 6.18 Å². The van der Waals surface area contributed by atoms with Crippen molar-refractivity contribution in [2.45, 2.75) is 51.7 Å². The number of carbonyl (C=O) groups is 2. The van der Waals surface area contributed by atoms with E-state index in [9.17, 15) is 22.8 Å². The quantitative estimate of drug-likeness (QED) is 0.537. The van der Waals surface area contributed by atoms with Crippen LogP contribution in [0.3, 0.4) is 0 Å². The number of rotatable bonds is 6. The minimum absolute atomic E-state index is 0.172. The first-order chi connectivity index (χ1) is 16.0. The first-order valence-corrected chi connectivity index (χ1v) is 10.9. The first-order valence-electron chi connectivity index (χ1n) is 10.9. The molecule has 2 N–H and O–H groups in total. The van der Waals surface area contributed by atoms with Crippen LogP contribution < -0.4 is 10.6 Å². The Labute approximate surface area is 194 Å². The van der Waals surface area contributed by atoms with Gasteiger partial charge in [0.2, 0.25) is 0 Å². The minimum atomic E-state index is -4.50. The summed E-state index contributed by atoms with van der Waals surface area (Å²) in [6.07, 6.45) is -0.456. The lowest BCUT2D eigenvalue weighted by Gasteiger charge is -2.14. The van der Waals surface area contributed by atoms with Crippen molar-refractivity contribution in [2.75, 3.05) is 5.32 Å². The van der Waals surface area contributed by atoms with Crippen molar-refractivity contribution in [3.8, 4) is 5.82 Å². The van der Waals surface area contributed by atoms with E-state index in [4.69, 9.17) is 0 Å². The van der Waals surface area contributed by atoms with Gasteiger partial charge in [-0.15, -0.1) is 0 Å². The van der Waals surface area contributed by atoms with Crippen molar-refractivity contribution in [3.05, 3.63) is 70.7 Å². The summed E-state index contributed by atoms with van der Waals surface area (Å²) in [5, 5.41) is 9.97. The molecule has 7 nitrogen and oxygen atoms in total. The average molecular weight is 471 g/mol. The lowest BCUT2D eigenvalue weighted by Crippen LogP contribution is -2.25. The van der Waals surface area contributed by atoms with E-state index >= 15 is 0 Å². The lowest BCUT2D eigenvalue weighted by molar-refractivity contribution is -0.137. The summed E-state index contributed by atoms with van der Waals surface area (Å²) in [5.41, 5.74) is 1.62. The number of pyridine rings is 1. The van der Waals surface area contributed by atoms with Gasteiger partial charge in [-0.05, 0) is 55.5 Å². The van der Waals surface area contributed by atoms with Crippen molar-refractivity contribution in [2.24, 2.45) is 0 Å². The molecule has 0 unspecified atom stereocenters. The summed E-state index contributed by atoms with van der Waals surface area (Å²) in [6.45, 7) is 5.52. The number of carbonyl (C=O) groups excluding carboxylic acids is 2. The molecule has 2 amide bonds. The maximum atomic E-state index is 13.2. The molecular weight excluding hydrogens is 447 g/mol. The highest BCUT2D eigenvalue weighted by atomic mass is 19.4. The lowest BCUT2D eigenvalue weighted by atomic mass is 10.0. The third-order valence-electron chi connectivity index (χ3n) is 5.55. The fraction of sp³-hybridized carbons (Fsp3) is 0.333. The van der Waals surface area contributed by atoms with Crippen LogP contribution in [0.1, 0.15) is 70.1 Å². The van der Waals surface area contributed by atoms with Crippen LogP contribution in [0.5, 0.6) is 0 Å². The monoisotopic (exact) mass is 471 g/mol. The second kappa shape index (κ2) is 8.92. The Morgan fingerprint density at radius 1 is 1.09 bits per heavy atom. The summed E-state index contributed by atoms with van der Waals surface area (Å²) in [7, 11) is 0. The number of hydrogen-bond acceptors (Lipinski definition) is 4. The zero-order valence-electron chi connectivity index (χ0n) is 18.9. The van der Waals surface area contributed by atoms with Crippen molar-refractivity contribution in [1.29, 1.82) is 0 Å². The molecule has 1 aliphatic rings. The number of amides is 2. The maximum absolute atomic E-state index is 13.2. The molecule has 1 aromatic carbocycles. The summed E-state index contributed by atoms with van der Waals surface area (Å²) in [4.78, 5) is 29.4. The Morgan fingerprint density at radius 3 is 2.41 bits per heavy atom. The van der Waals surface area contributed by atoms with Gasteiger partial charge in [-0.25, -0.2) is 9.67 Å². The molecule has 2 heterocycles. The summed E-state index contributed by atoms with van der Waals surface area (Å²) >= 11 is 0. The van der Waals surface area contributed by atoms with E-state index in [1.165, 1.54) is 16.9 Å². The van der Waals surface area contributed by atoms with E-state index < -0.39 is 17.6 Å². The van der Waals surface area contributed by atoms with Gasteiger partial charge in [0.15, 0.2) is 5.82 Å². The fourth-order valence-corrected chi connectivity index (χ4v) is 3.53. The highest BCUT2D eigenvalue weighted by Gasteiger charge is 2.31. The van der Waals surface area contributed by atoms with Crippen molar-refractivity contribution < 1.29 is 22.8 Å². The smallest absolute Gasteiger partial charge is 0.349 e. The normalized spacial score (nSPS) is 13.7. The van der Waals surface area contributed by atoms with E-state index in [1.807, 2.05) is 20.8 Å². The molecule has 0 radical (unpaired) electrons. The van der Waals surface area contributed by atoms with Gasteiger partial charge in [0.25, 0.3) is 11.8 Å². The van der Waals surface area contributed by atoms with Gasteiger partial charge in [-0.3, -0.25) is 9.59 Å².